The second-order valence-corrected chi connectivity index (χ2v) is 5.98. The molecule has 140 valence electrons. The first-order valence-electron chi connectivity index (χ1n) is 8.50. The van der Waals surface area contributed by atoms with Gasteiger partial charge in [0.15, 0.2) is 17.4 Å². The first-order valence-corrected chi connectivity index (χ1v) is 8.50. The molecule has 26 heavy (non-hydrogen) atoms. The number of benzene rings is 1. The van der Waals surface area contributed by atoms with Crippen LogP contribution in [0.3, 0.4) is 0 Å². The molecule has 1 aliphatic carbocycles. The molecule has 1 N–H and O–H groups in total. The molecule has 5 nitrogen and oxygen atoms in total. The van der Waals surface area contributed by atoms with Crippen molar-refractivity contribution in [3.8, 4) is 18.1 Å². The van der Waals surface area contributed by atoms with Gasteiger partial charge < -0.3 is 14.8 Å². The topological polar surface area (TPSA) is 64.6 Å². The van der Waals surface area contributed by atoms with E-state index in [-0.39, 0.29) is 24.7 Å². The first-order chi connectivity index (χ1) is 12.5. The third-order valence-electron chi connectivity index (χ3n) is 4.23. The molecule has 2 unspecified atom stereocenters. The van der Waals surface area contributed by atoms with Crippen molar-refractivity contribution in [1.29, 1.82) is 0 Å². The van der Waals surface area contributed by atoms with E-state index in [1.54, 1.807) is 6.92 Å². The summed E-state index contributed by atoms with van der Waals surface area (Å²) in [7, 11) is 0. The molecule has 0 aromatic heterocycles. The Labute approximate surface area is 151 Å². The Morgan fingerprint density at radius 2 is 1.92 bits per heavy atom. The molecule has 1 aromatic rings. The van der Waals surface area contributed by atoms with Crippen LogP contribution in [0, 0.1) is 29.9 Å². The van der Waals surface area contributed by atoms with Crippen LogP contribution in [0.2, 0.25) is 0 Å². The van der Waals surface area contributed by atoms with Crippen LogP contribution in [0.1, 0.15) is 43.0 Å². The number of rotatable bonds is 6. The molecule has 7 heteroatoms. The number of nitrogens with one attached hydrogen (secondary N) is 1. The SMILES string of the molecule is C#CCOc1c(F)cc(C(=O)NC2CCCCC2C(=O)OCC)cc1F. The highest BCUT2D eigenvalue weighted by atomic mass is 19.1. The van der Waals surface area contributed by atoms with Crippen molar-refractivity contribution in [3.63, 3.8) is 0 Å². The molecule has 0 radical (unpaired) electrons. The van der Waals surface area contributed by atoms with Gasteiger partial charge in [-0.05, 0) is 31.9 Å². The summed E-state index contributed by atoms with van der Waals surface area (Å²) >= 11 is 0. The summed E-state index contributed by atoms with van der Waals surface area (Å²) in [6.07, 6.45) is 7.91. The van der Waals surface area contributed by atoms with Gasteiger partial charge in [-0.1, -0.05) is 18.8 Å². The van der Waals surface area contributed by atoms with E-state index >= 15 is 0 Å². The fraction of sp³-hybridized carbons (Fsp3) is 0.474. The molecule has 0 aliphatic heterocycles. The molecule has 1 amide bonds. The van der Waals surface area contributed by atoms with Crippen LogP contribution >= 0.6 is 0 Å². The van der Waals surface area contributed by atoms with Crippen molar-refractivity contribution in [2.45, 2.75) is 38.6 Å². The van der Waals surface area contributed by atoms with E-state index in [1.165, 1.54) is 0 Å². The lowest BCUT2D eigenvalue weighted by atomic mass is 9.84. The molecule has 2 rings (SSSR count). The minimum Gasteiger partial charge on any atom is -0.475 e. The zero-order valence-electron chi connectivity index (χ0n) is 14.5. The lowest BCUT2D eigenvalue weighted by molar-refractivity contribution is -0.150. The molecule has 1 aromatic carbocycles. The van der Waals surface area contributed by atoms with Crippen LogP contribution in [0.25, 0.3) is 0 Å². The van der Waals surface area contributed by atoms with Gasteiger partial charge in [-0.3, -0.25) is 9.59 Å². The van der Waals surface area contributed by atoms with E-state index in [1.807, 2.05) is 0 Å². The average Bonchev–Trinajstić information content (AvgIpc) is 2.61. The summed E-state index contributed by atoms with van der Waals surface area (Å²) < 4.78 is 37.8. The normalized spacial score (nSPS) is 19.3. The standard InChI is InChI=1S/C19H21F2NO4/c1-3-9-26-17-14(20)10-12(11-15(17)21)18(23)22-16-8-6-5-7-13(16)19(24)25-4-2/h1,10-11,13,16H,4-9H2,2H3,(H,22,23). The number of carbonyl (C=O) groups excluding carboxylic acids is 2. The fourth-order valence-electron chi connectivity index (χ4n) is 3.03. The largest absolute Gasteiger partial charge is 0.475 e. The Morgan fingerprint density at radius 3 is 2.54 bits per heavy atom. The zero-order valence-corrected chi connectivity index (χ0v) is 14.5. The number of terminal acetylenes is 1. The molecular weight excluding hydrogens is 344 g/mol. The number of amides is 1. The maximum absolute atomic E-state index is 14.0. The minimum absolute atomic E-state index is 0.193. The second-order valence-electron chi connectivity index (χ2n) is 5.98. The molecule has 1 aliphatic rings. The van der Waals surface area contributed by atoms with Gasteiger partial charge in [-0.15, -0.1) is 6.42 Å². The van der Waals surface area contributed by atoms with Crippen LogP contribution < -0.4 is 10.1 Å². The van der Waals surface area contributed by atoms with Gasteiger partial charge in [-0.25, -0.2) is 8.78 Å². The van der Waals surface area contributed by atoms with Crippen molar-refractivity contribution >= 4 is 11.9 Å². The van der Waals surface area contributed by atoms with Gasteiger partial charge in [0.2, 0.25) is 0 Å². The van der Waals surface area contributed by atoms with Gasteiger partial charge in [-0.2, -0.15) is 0 Å². The smallest absolute Gasteiger partial charge is 0.311 e. The predicted octanol–water partition coefficient (Wildman–Crippen LogP) is 2.83. The van der Waals surface area contributed by atoms with Crippen LogP contribution in [0.4, 0.5) is 8.78 Å². The third-order valence-corrected chi connectivity index (χ3v) is 4.23. The van der Waals surface area contributed by atoms with Crippen LogP contribution in [0.15, 0.2) is 12.1 Å². The van der Waals surface area contributed by atoms with Crippen molar-refractivity contribution in [2.24, 2.45) is 5.92 Å². The number of carbonyl (C=O) groups is 2. The maximum Gasteiger partial charge on any atom is 0.311 e. The molecular formula is C19H21F2NO4. The minimum atomic E-state index is -1.02. The molecule has 0 bridgehead atoms. The number of ether oxygens (including phenoxy) is 2. The van der Waals surface area contributed by atoms with E-state index in [0.717, 1.165) is 25.0 Å². The Kier molecular flexibility index (Phi) is 6.96. The van der Waals surface area contributed by atoms with E-state index in [2.05, 4.69) is 11.2 Å². The van der Waals surface area contributed by atoms with Crippen molar-refractivity contribution < 1.29 is 27.8 Å². The van der Waals surface area contributed by atoms with E-state index in [0.29, 0.717) is 12.8 Å². The molecule has 0 spiro atoms. The Hall–Kier alpha value is -2.62. The van der Waals surface area contributed by atoms with Crippen LogP contribution in [0.5, 0.6) is 5.75 Å². The zero-order chi connectivity index (χ0) is 19.1. The highest BCUT2D eigenvalue weighted by molar-refractivity contribution is 5.95. The predicted molar refractivity (Wildman–Crippen MR) is 90.5 cm³/mol. The number of esters is 1. The Bertz CT molecular complexity index is 691. The molecule has 1 fully saturated rings. The van der Waals surface area contributed by atoms with Crippen LogP contribution in [-0.2, 0) is 9.53 Å². The highest BCUT2D eigenvalue weighted by Gasteiger charge is 2.33. The third kappa shape index (κ3) is 4.72. The van der Waals surface area contributed by atoms with Crippen molar-refractivity contribution in [3.05, 3.63) is 29.3 Å². The van der Waals surface area contributed by atoms with Crippen molar-refractivity contribution in [1.82, 2.24) is 5.32 Å². The number of hydrogen-bond donors (Lipinski definition) is 1. The summed E-state index contributed by atoms with van der Waals surface area (Å²) in [4.78, 5) is 24.5. The molecule has 0 heterocycles. The van der Waals surface area contributed by atoms with Gasteiger partial charge in [0.1, 0.15) is 6.61 Å². The lowest BCUT2D eigenvalue weighted by Gasteiger charge is -2.30. The fourth-order valence-corrected chi connectivity index (χ4v) is 3.03. The highest BCUT2D eigenvalue weighted by Crippen LogP contribution is 2.27. The summed E-state index contributed by atoms with van der Waals surface area (Å²) in [6.45, 7) is 1.68. The molecule has 0 saturated heterocycles. The lowest BCUT2D eigenvalue weighted by Crippen LogP contribution is -2.45. The summed E-state index contributed by atoms with van der Waals surface area (Å²) in [6, 6.07) is 1.33. The molecule has 1 saturated carbocycles. The Morgan fingerprint density at radius 1 is 1.27 bits per heavy atom. The maximum atomic E-state index is 14.0. The van der Waals surface area contributed by atoms with Crippen LogP contribution in [-0.4, -0.2) is 31.1 Å². The van der Waals surface area contributed by atoms with Gasteiger partial charge in [0.25, 0.3) is 5.91 Å². The van der Waals surface area contributed by atoms with Gasteiger partial charge in [0, 0.05) is 11.6 Å². The average molecular weight is 365 g/mol. The van der Waals surface area contributed by atoms with Gasteiger partial charge in [0.05, 0.1) is 12.5 Å². The van der Waals surface area contributed by atoms with Crippen molar-refractivity contribution in [2.75, 3.05) is 13.2 Å². The monoisotopic (exact) mass is 365 g/mol. The van der Waals surface area contributed by atoms with E-state index in [4.69, 9.17) is 15.9 Å². The van der Waals surface area contributed by atoms with E-state index in [9.17, 15) is 18.4 Å². The quantitative estimate of drug-likeness (QED) is 0.622. The number of hydrogen-bond acceptors (Lipinski definition) is 4. The second kappa shape index (κ2) is 9.18. The molecule has 2 atom stereocenters. The Balaban J connectivity index is 2.13. The summed E-state index contributed by atoms with van der Waals surface area (Å²) in [5.41, 5.74) is -0.193. The number of halogens is 2. The van der Waals surface area contributed by atoms with E-state index < -0.39 is 35.3 Å². The summed E-state index contributed by atoms with van der Waals surface area (Å²) in [5.74, 6) is -2.03. The van der Waals surface area contributed by atoms with Gasteiger partial charge >= 0.3 is 5.97 Å². The first kappa shape index (κ1) is 19.7. The summed E-state index contributed by atoms with van der Waals surface area (Å²) in [5, 5.41) is 2.70.